The Morgan fingerprint density at radius 2 is 2.04 bits per heavy atom. The number of nitrogens with zero attached hydrogens (tertiary/aromatic N) is 3. The number of carboxylic acid groups (broad SMARTS) is 1. The van der Waals surface area contributed by atoms with E-state index in [9.17, 15) is 18.0 Å². The molecule has 0 saturated carbocycles. The molecule has 0 bridgehead atoms. The summed E-state index contributed by atoms with van der Waals surface area (Å²) >= 11 is 0. The van der Waals surface area contributed by atoms with Crippen LogP contribution in [0.15, 0.2) is 29.3 Å². The molecule has 10 nitrogen and oxygen atoms in total. The van der Waals surface area contributed by atoms with Gasteiger partial charge < -0.3 is 10.4 Å². The van der Waals surface area contributed by atoms with Crippen LogP contribution >= 0.6 is 0 Å². The Morgan fingerprint density at radius 3 is 2.69 bits per heavy atom. The number of carbonyl (C=O) groups excluding carboxylic acids is 1. The fourth-order valence-electron chi connectivity index (χ4n) is 2.19. The quantitative estimate of drug-likeness (QED) is 0.579. The minimum Gasteiger partial charge on any atom is -0.480 e. The summed E-state index contributed by atoms with van der Waals surface area (Å²) in [6, 6.07) is 4.30. The third-order valence-electron chi connectivity index (χ3n) is 3.41. The average molecular weight is 381 g/mol. The predicted molar refractivity (Wildman–Crippen MR) is 90.9 cm³/mol. The molecule has 0 aliphatic rings. The maximum atomic E-state index is 12.4. The molecule has 1 aromatic carbocycles. The molecule has 1 aromatic heterocycles. The number of benzene rings is 1. The van der Waals surface area contributed by atoms with E-state index < -0.39 is 21.9 Å². The van der Waals surface area contributed by atoms with Crippen LogP contribution in [0.2, 0.25) is 0 Å². The van der Waals surface area contributed by atoms with E-state index in [-0.39, 0.29) is 30.1 Å². The molecule has 26 heavy (non-hydrogen) atoms. The lowest BCUT2D eigenvalue weighted by Crippen LogP contribution is -2.26. The van der Waals surface area contributed by atoms with Gasteiger partial charge in [-0.3, -0.25) is 9.59 Å². The highest BCUT2D eigenvalue weighted by Crippen LogP contribution is 2.15. The molecule has 0 atom stereocenters. The van der Waals surface area contributed by atoms with E-state index in [1.165, 1.54) is 18.3 Å². The van der Waals surface area contributed by atoms with E-state index in [4.69, 9.17) is 5.11 Å². The highest BCUT2D eigenvalue weighted by atomic mass is 32.2. The third kappa shape index (κ3) is 4.86. The summed E-state index contributed by atoms with van der Waals surface area (Å²) < 4.78 is 27.7. The molecule has 0 radical (unpaired) electrons. The number of carboxylic acids is 1. The number of hydrogen-bond donors (Lipinski definition) is 3. The van der Waals surface area contributed by atoms with Crippen LogP contribution < -0.4 is 10.0 Å². The molecule has 1 heterocycles. The van der Waals surface area contributed by atoms with Crippen molar-refractivity contribution in [1.29, 1.82) is 0 Å². The minimum atomic E-state index is -3.67. The number of nitrogens with one attached hydrogen (secondary N) is 2. The maximum absolute atomic E-state index is 12.4. The van der Waals surface area contributed by atoms with Crippen LogP contribution in [0.5, 0.6) is 0 Å². The average Bonchev–Trinajstić information content (AvgIpc) is 2.99. The summed E-state index contributed by atoms with van der Waals surface area (Å²) in [6.07, 6.45) is 1.41. The molecule has 140 valence electrons. The number of hydrogen-bond acceptors (Lipinski definition) is 6. The second-order valence-electron chi connectivity index (χ2n) is 5.46. The number of aliphatic carboxylic acids is 1. The van der Waals surface area contributed by atoms with Crippen molar-refractivity contribution in [1.82, 2.24) is 25.0 Å². The highest BCUT2D eigenvalue weighted by molar-refractivity contribution is 7.89. The number of rotatable bonds is 8. The van der Waals surface area contributed by atoms with Gasteiger partial charge in [0.05, 0.1) is 17.6 Å². The lowest BCUT2D eigenvalue weighted by molar-refractivity contribution is -0.137. The van der Waals surface area contributed by atoms with E-state index in [0.717, 1.165) is 4.68 Å². The SMILES string of the molecule is CCNS(=O)(=O)c1ccc(C)c(C(=O)NCc2cn(CC(=O)O)nn2)c1. The second kappa shape index (κ2) is 8.06. The van der Waals surface area contributed by atoms with Gasteiger partial charge in [-0.05, 0) is 24.6 Å². The molecule has 0 spiro atoms. The Balaban J connectivity index is 2.12. The van der Waals surface area contributed by atoms with Gasteiger partial charge in [0.2, 0.25) is 10.0 Å². The summed E-state index contributed by atoms with van der Waals surface area (Å²) in [5.41, 5.74) is 1.23. The third-order valence-corrected chi connectivity index (χ3v) is 4.95. The normalized spacial score (nSPS) is 11.3. The first kappa shape index (κ1) is 19.5. The zero-order valence-electron chi connectivity index (χ0n) is 14.3. The molecule has 0 unspecified atom stereocenters. The molecular formula is C15H19N5O5S. The molecule has 11 heteroatoms. The Morgan fingerprint density at radius 1 is 1.31 bits per heavy atom. The van der Waals surface area contributed by atoms with Crippen molar-refractivity contribution >= 4 is 21.9 Å². The van der Waals surface area contributed by atoms with Gasteiger partial charge in [0.1, 0.15) is 12.2 Å². The van der Waals surface area contributed by atoms with E-state index >= 15 is 0 Å². The van der Waals surface area contributed by atoms with Gasteiger partial charge in [0.25, 0.3) is 5.91 Å². The van der Waals surface area contributed by atoms with Gasteiger partial charge in [-0.25, -0.2) is 17.8 Å². The van der Waals surface area contributed by atoms with E-state index in [1.807, 2.05) is 0 Å². The first-order valence-corrected chi connectivity index (χ1v) is 9.20. The van der Waals surface area contributed by atoms with Crippen molar-refractivity contribution in [2.75, 3.05) is 6.54 Å². The van der Waals surface area contributed by atoms with Crippen molar-refractivity contribution in [3.63, 3.8) is 0 Å². The van der Waals surface area contributed by atoms with Crippen molar-refractivity contribution in [2.24, 2.45) is 0 Å². The summed E-state index contributed by atoms with van der Waals surface area (Å²) in [4.78, 5) is 23.0. The molecular weight excluding hydrogens is 362 g/mol. The van der Waals surface area contributed by atoms with Gasteiger partial charge in [-0.2, -0.15) is 0 Å². The summed E-state index contributed by atoms with van der Waals surface area (Å²) in [5.74, 6) is -1.52. The van der Waals surface area contributed by atoms with Crippen LogP contribution in [0.3, 0.4) is 0 Å². The smallest absolute Gasteiger partial charge is 0.325 e. The molecule has 2 rings (SSSR count). The van der Waals surface area contributed by atoms with Crippen LogP contribution in [0, 0.1) is 6.92 Å². The van der Waals surface area contributed by atoms with Gasteiger partial charge in [-0.15, -0.1) is 5.10 Å². The zero-order valence-corrected chi connectivity index (χ0v) is 15.1. The molecule has 0 aliphatic heterocycles. The van der Waals surface area contributed by atoms with Crippen molar-refractivity contribution < 1.29 is 23.1 Å². The van der Waals surface area contributed by atoms with Gasteiger partial charge in [0.15, 0.2) is 0 Å². The van der Waals surface area contributed by atoms with Crippen LogP contribution in [0.4, 0.5) is 0 Å². The largest absolute Gasteiger partial charge is 0.480 e. The standard InChI is InChI=1S/C15H19N5O5S/c1-3-17-26(24,25)12-5-4-10(2)13(6-12)15(23)16-7-11-8-20(19-18-11)9-14(21)22/h4-6,8,17H,3,7,9H2,1-2H3,(H,16,23)(H,21,22). The predicted octanol–water partition coefficient (Wildman–Crippen LogP) is -0.101. The first-order valence-electron chi connectivity index (χ1n) is 7.72. The molecule has 0 aliphatic carbocycles. The molecule has 3 N–H and O–H groups in total. The number of aromatic nitrogens is 3. The lowest BCUT2D eigenvalue weighted by Gasteiger charge is -2.10. The number of aryl methyl sites for hydroxylation is 1. The fraction of sp³-hybridized carbons (Fsp3) is 0.333. The Hall–Kier alpha value is -2.79. The van der Waals surface area contributed by atoms with Gasteiger partial charge in [0, 0.05) is 12.1 Å². The lowest BCUT2D eigenvalue weighted by atomic mass is 10.1. The summed E-state index contributed by atoms with van der Waals surface area (Å²) in [7, 11) is -3.67. The number of amides is 1. The Bertz CT molecular complexity index is 922. The van der Waals surface area contributed by atoms with Crippen LogP contribution in [0.25, 0.3) is 0 Å². The molecule has 0 fully saturated rings. The Labute approximate surface area is 150 Å². The zero-order chi connectivity index (χ0) is 19.3. The van der Waals surface area contributed by atoms with E-state index in [1.54, 1.807) is 19.9 Å². The summed E-state index contributed by atoms with van der Waals surface area (Å²) in [6.45, 7) is 3.30. The van der Waals surface area contributed by atoms with Crippen LogP contribution in [-0.4, -0.2) is 46.9 Å². The van der Waals surface area contributed by atoms with Crippen LogP contribution in [-0.2, 0) is 27.9 Å². The highest BCUT2D eigenvalue weighted by Gasteiger charge is 2.17. The second-order valence-corrected chi connectivity index (χ2v) is 7.23. The minimum absolute atomic E-state index is 0.00232. The molecule has 0 saturated heterocycles. The molecule has 1 amide bonds. The topological polar surface area (TPSA) is 143 Å². The summed E-state index contributed by atoms with van der Waals surface area (Å²) in [5, 5.41) is 18.7. The number of carbonyl (C=O) groups is 2. The number of sulfonamides is 1. The van der Waals surface area contributed by atoms with Crippen molar-refractivity contribution in [2.45, 2.75) is 31.8 Å². The van der Waals surface area contributed by atoms with Gasteiger partial charge >= 0.3 is 5.97 Å². The molecule has 2 aromatic rings. The van der Waals surface area contributed by atoms with E-state index in [0.29, 0.717) is 11.3 Å². The fourth-order valence-corrected chi connectivity index (χ4v) is 3.25. The monoisotopic (exact) mass is 381 g/mol. The first-order chi connectivity index (χ1) is 12.2. The van der Waals surface area contributed by atoms with Crippen LogP contribution in [0.1, 0.15) is 28.5 Å². The van der Waals surface area contributed by atoms with Crippen molar-refractivity contribution in [3.8, 4) is 0 Å². The van der Waals surface area contributed by atoms with E-state index in [2.05, 4.69) is 20.4 Å². The Kier molecular flexibility index (Phi) is 6.05. The van der Waals surface area contributed by atoms with Gasteiger partial charge in [-0.1, -0.05) is 18.2 Å². The van der Waals surface area contributed by atoms with Crippen molar-refractivity contribution in [3.05, 3.63) is 41.2 Å². The maximum Gasteiger partial charge on any atom is 0.325 e.